The number of likely N-dealkylation sites (tertiary alicyclic amines) is 1. The van der Waals surface area contributed by atoms with E-state index in [1.807, 2.05) is 4.90 Å². The van der Waals surface area contributed by atoms with Crippen LogP contribution in [0, 0.1) is 24.7 Å². The quantitative estimate of drug-likeness (QED) is 0.575. The number of aryl methyl sites for hydroxylation is 1. The minimum Gasteiger partial charge on any atom is -0.332 e. The summed E-state index contributed by atoms with van der Waals surface area (Å²) in [6, 6.07) is 5.39. The lowest BCUT2D eigenvalue weighted by molar-refractivity contribution is 0.105. The molecule has 18 heavy (non-hydrogen) atoms. The van der Waals surface area contributed by atoms with Gasteiger partial charge in [-0.25, -0.2) is 4.39 Å². The Kier molecular flexibility index (Phi) is 3.88. The van der Waals surface area contributed by atoms with Crippen molar-refractivity contribution in [2.24, 2.45) is 0 Å². The van der Waals surface area contributed by atoms with Crippen LogP contribution in [0.5, 0.6) is 0 Å². The maximum atomic E-state index is 13.4. The molecule has 2 rings (SSSR count). The maximum Gasteiger partial charge on any atom is 0.239 e. The largest absolute Gasteiger partial charge is 0.332 e. The van der Waals surface area contributed by atoms with E-state index in [1.165, 1.54) is 6.07 Å². The second-order valence-electron chi connectivity index (χ2n) is 4.34. The molecule has 0 amide bonds. The highest BCUT2D eigenvalue weighted by atomic mass is 35.5. The summed E-state index contributed by atoms with van der Waals surface area (Å²) in [6.45, 7) is 3.37. The van der Waals surface area contributed by atoms with Crippen molar-refractivity contribution in [1.82, 2.24) is 4.90 Å². The standard InChI is InChI=1S/C14H13ClFNO/c1-10-8-12(15)11(9-13(10)16)14(18)4-7-17-5-2-3-6-17/h8-9H,2-3,5-6H2,1H3. The van der Waals surface area contributed by atoms with Crippen LogP contribution < -0.4 is 0 Å². The van der Waals surface area contributed by atoms with Crippen molar-refractivity contribution in [3.63, 3.8) is 0 Å². The number of hydrogen-bond donors (Lipinski definition) is 0. The van der Waals surface area contributed by atoms with Crippen LogP contribution in [0.1, 0.15) is 28.8 Å². The number of nitrogens with zero attached hydrogens (tertiary/aromatic N) is 1. The number of halogens is 2. The van der Waals surface area contributed by atoms with Crippen molar-refractivity contribution in [2.75, 3.05) is 13.1 Å². The molecule has 1 heterocycles. The van der Waals surface area contributed by atoms with E-state index in [2.05, 4.69) is 12.0 Å². The van der Waals surface area contributed by atoms with Crippen molar-refractivity contribution in [3.8, 4) is 12.0 Å². The van der Waals surface area contributed by atoms with Gasteiger partial charge in [-0.15, -0.1) is 0 Å². The lowest BCUT2D eigenvalue weighted by atomic mass is 10.1. The first-order chi connectivity index (χ1) is 8.58. The summed E-state index contributed by atoms with van der Waals surface area (Å²) in [6.07, 6.45) is 2.20. The minimum absolute atomic E-state index is 0.131. The molecule has 0 spiro atoms. The molecule has 0 aliphatic carbocycles. The number of hydrogen-bond acceptors (Lipinski definition) is 2. The zero-order valence-electron chi connectivity index (χ0n) is 10.1. The Morgan fingerprint density at radius 1 is 1.39 bits per heavy atom. The van der Waals surface area contributed by atoms with E-state index >= 15 is 0 Å². The summed E-state index contributed by atoms with van der Waals surface area (Å²) in [4.78, 5) is 13.7. The summed E-state index contributed by atoms with van der Waals surface area (Å²) < 4.78 is 13.4. The zero-order valence-corrected chi connectivity index (χ0v) is 10.9. The first-order valence-corrected chi connectivity index (χ1v) is 6.22. The third kappa shape index (κ3) is 2.83. The van der Waals surface area contributed by atoms with Gasteiger partial charge in [0.1, 0.15) is 5.82 Å². The molecule has 1 aliphatic rings. The van der Waals surface area contributed by atoms with Gasteiger partial charge in [0.2, 0.25) is 5.78 Å². The Balaban J connectivity index is 2.20. The van der Waals surface area contributed by atoms with Crippen molar-refractivity contribution in [3.05, 3.63) is 34.1 Å². The van der Waals surface area contributed by atoms with Crippen LogP contribution in [0.4, 0.5) is 4.39 Å². The molecule has 1 fully saturated rings. The molecule has 0 aromatic heterocycles. The second-order valence-corrected chi connectivity index (χ2v) is 4.75. The smallest absolute Gasteiger partial charge is 0.239 e. The second kappa shape index (κ2) is 5.41. The van der Waals surface area contributed by atoms with E-state index in [4.69, 9.17) is 11.6 Å². The lowest BCUT2D eigenvalue weighted by Crippen LogP contribution is -2.12. The maximum absolute atomic E-state index is 13.4. The predicted octanol–water partition coefficient (Wildman–Crippen LogP) is 3.03. The number of benzene rings is 1. The SMILES string of the molecule is Cc1cc(Cl)c(C(=O)C#CN2CCCC2)cc1F. The average molecular weight is 266 g/mol. The molecule has 94 valence electrons. The van der Waals surface area contributed by atoms with Gasteiger partial charge >= 0.3 is 0 Å². The molecule has 1 saturated heterocycles. The summed E-state index contributed by atoms with van der Waals surface area (Å²) in [5, 5.41) is 0.245. The van der Waals surface area contributed by atoms with Gasteiger partial charge in [-0.1, -0.05) is 11.6 Å². The Morgan fingerprint density at radius 2 is 2.06 bits per heavy atom. The van der Waals surface area contributed by atoms with Gasteiger partial charge < -0.3 is 4.90 Å². The van der Waals surface area contributed by atoms with Gasteiger partial charge in [0.05, 0.1) is 10.6 Å². The van der Waals surface area contributed by atoms with E-state index in [0.29, 0.717) is 5.56 Å². The molecular weight excluding hydrogens is 253 g/mol. The topological polar surface area (TPSA) is 20.3 Å². The van der Waals surface area contributed by atoms with Crippen molar-refractivity contribution >= 4 is 17.4 Å². The van der Waals surface area contributed by atoms with E-state index in [0.717, 1.165) is 32.0 Å². The van der Waals surface area contributed by atoms with Crippen LogP contribution in [-0.4, -0.2) is 23.8 Å². The summed E-state index contributed by atoms with van der Waals surface area (Å²) in [5.41, 5.74) is 0.551. The monoisotopic (exact) mass is 265 g/mol. The van der Waals surface area contributed by atoms with Gasteiger partial charge in [-0.3, -0.25) is 4.79 Å². The third-order valence-corrected chi connectivity index (χ3v) is 3.24. The zero-order chi connectivity index (χ0) is 13.1. The first kappa shape index (κ1) is 12.9. The van der Waals surface area contributed by atoms with E-state index in [-0.39, 0.29) is 10.6 Å². The number of carbonyl (C=O) groups is 1. The first-order valence-electron chi connectivity index (χ1n) is 5.84. The molecule has 0 bridgehead atoms. The summed E-state index contributed by atoms with van der Waals surface area (Å²) >= 11 is 5.92. The van der Waals surface area contributed by atoms with E-state index in [1.54, 1.807) is 6.92 Å². The van der Waals surface area contributed by atoms with Crippen molar-refractivity contribution in [2.45, 2.75) is 19.8 Å². The fraction of sp³-hybridized carbons (Fsp3) is 0.357. The van der Waals surface area contributed by atoms with Crippen LogP contribution in [0.15, 0.2) is 12.1 Å². The van der Waals surface area contributed by atoms with Gasteiger partial charge in [0, 0.05) is 19.1 Å². The van der Waals surface area contributed by atoms with Crippen LogP contribution in [0.25, 0.3) is 0 Å². The molecule has 0 unspecified atom stereocenters. The van der Waals surface area contributed by atoms with Gasteiger partial charge in [0.15, 0.2) is 0 Å². The number of rotatable bonds is 1. The molecule has 4 heteroatoms. The summed E-state index contributed by atoms with van der Waals surface area (Å²) in [5.74, 6) is 1.64. The Morgan fingerprint density at radius 3 is 2.72 bits per heavy atom. The van der Waals surface area contributed by atoms with Crippen LogP contribution in [0.3, 0.4) is 0 Å². The fourth-order valence-electron chi connectivity index (χ4n) is 1.85. The molecule has 1 aliphatic heterocycles. The van der Waals surface area contributed by atoms with E-state index in [9.17, 15) is 9.18 Å². The predicted molar refractivity (Wildman–Crippen MR) is 69.1 cm³/mol. The molecule has 0 radical (unpaired) electrons. The highest BCUT2D eigenvalue weighted by Crippen LogP contribution is 2.20. The number of ketones is 1. The van der Waals surface area contributed by atoms with Gasteiger partial charge in [-0.2, -0.15) is 0 Å². The Labute approximate surface area is 111 Å². The molecule has 2 nitrogen and oxygen atoms in total. The van der Waals surface area contributed by atoms with Crippen molar-refractivity contribution < 1.29 is 9.18 Å². The average Bonchev–Trinajstić information content (AvgIpc) is 2.84. The molecule has 1 aromatic rings. The Bertz CT molecular complexity index is 539. The van der Waals surface area contributed by atoms with Crippen LogP contribution in [0.2, 0.25) is 5.02 Å². The number of Topliss-reactive ketones (excluding diaryl/α,β-unsaturated/α-hetero) is 1. The van der Waals surface area contributed by atoms with E-state index < -0.39 is 11.6 Å². The molecule has 0 saturated carbocycles. The van der Waals surface area contributed by atoms with Crippen molar-refractivity contribution in [1.29, 1.82) is 0 Å². The van der Waals surface area contributed by atoms with Crippen LogP contribution in [-0.2, 0) is 0 Å². The minimum atomic E-state index is -0.439. The molecule has 0 atom stereocenters. The number of carbonyl (C=O) groups excluding carboxylic acids is 1. The molecule has 0 N–H and O–H groups in total. The summed E-state index contributed by atoms with van der Waals surface area (Å²) in [7, 11) is 0. The fourth-order valence-corrected chi connectivity index (χ4v) is 2.15. The van der Waals surface area contributed by atoms with Crippen LogP contribution >= 0.6 is 11.6 Å². The third-order valence-electron chi connectivity index (χ3n) is 2.93. The normalized spacial score (nSPS) is 14.3. The lowest BCUT2D eigenvalue weighted by Gasteiger charge is -2.05. The highest BCUT2D eigenvalue weighted by molar-refractivity contribution is 6.35. The Hall–Kier alpha value is -1.53. The molecular formula is C14H13ClFNO. The molecule has 1 aromatic carbocycles. The van der Waals surface area contributed by atoms with Gasteiger partial charge in [0.25, 0.3) is 0 Å². The highest BCUT2D eigenvalue weighted by Gasteiger charge is 2.12. The van der Waals surface area contributed by atoms with Gasteiger partial charge in [-0.05, 0) is 43.4 Å².